The van der Waals surface area contributed by atoms with Gasteiger partial charge in [-0.15, -0.1) is 0 Å². The summed E-state index contributed by atoms with van der Waals surface area (Å²) in [5.41, 5.74) is 1.26. The second kappa shape index (κ2) is 10.5. The van der Waals surface area contributed by atoms with Gasteiger partial charge in [0.1, 0.15) is 0 Å². The number of anilines is 1. The number of nitrogens with zero attached hydrogens (tertiary/aromatic N) is 4. The molecule has 1 amide bonds. The smallest absolute Gasteiger partial charge is 0.260 e. The van der Waals surface area contributed by atoms with Gasteiger partial charge in [-0.2, -0.15) is 4.31 Å². The Labute approximate surface area is 204 Å². The lowest BCUT2D eigenvalue weighted by molar-refractivity contribution is 0.0978. The van der Waals surface area contributed by atoms with Gasteiger partial charge in [-0.05, 0) is 63.3 Å². The van der Waals surface area contributed by atoms with E-state index in [4.69, 9.17) is 4.74 Å². The highest BCUT2D eigenvalue weighted by molar-refractivity contribution is 7.89. The third kappa shape index (κ3) is 5.47. The summed E-state index contributed by atoms with van der Waals surface area (Å²) >= 11 is 1.47. The van der Waals surface area contributed by atoms with Crippen LogP contribution in [-0.4, -0.2) is 82.0 Å². The van der Waals surface area contributed by atoms with Gasteiger partial charge in [-0.3, -0.25) is 9.69 Å². The Kier molecular flexibility index (Phi) is 7.63. The van der Waals surface area contributed by atoms with Crippen LogP contribution in [0.1, 0.15) is 23.2 Å². The standard InChI is InChI=1S/C24H30N4O4S2/c1-26(2)14-15-28(24-25-21-8-4-5-9-22(21)33-24)23(29)18-10-12-20(13-11-18)34(30,31)27(3)17-19-7-6-16-32-19/h4-5,8-13,19H,6-7,14-17H2,1-3H3. The van der Waals surface area contributed by atoms with Gasteiger partial charge < -0.3 is 9.64 Å². The molecule has 1 aliphatic heterocycles. The summed E-state index contributed by atoms with van der Waals surface area (Å²) < 4.78 is 33.9. The van der Waals surface area contributed by atoms with E-state index in [2.05, 4.69) is 4.98 Å². The minimum Gasteiger partial charge on any atom is -0.377 e. The van der Waals surface area contributed by atoms with Gasteiger partial charge in [0.05, 0.1) is 21.2 Å². The van der Waals surface area contributed by atoms with Crippen molar-refractivity contribution in [1.29, 1.82) is 0 Å². The van der Waals surface area contributed by atoms with Gasteiger partial charge in [0, 0.05) is 38.9 Å². The van der Waals surface area contributed by atoms with Crippen LogP contribution in [0.2, 0.25) is 0 Å². The highest BCUT2D eigenvalue weighted by Gasteiger charge is 2.27. The van der Waals surface area contributed by atoms with E-state index in [-0.39, 0.29) is 16.9 Å². The summed E-state index contributed by atoms with van der Waals surface area (Å²) in [6.07, 6.45) is 1.75. The van der Waals surface area contributed by atoms with Crippen LogP contribution in [0.5, 0.6) is 0 Å². The van der Waals surface area contributed by atoms with Crippen molar-refractivity contribution in [1.82, 2.24) is 14.2 Å². The second-order valence-electron chi connectivity index (χ2n) is 8.67. The van der Waals surface area contributed by atoms with Crippen LogP contribution in [0.25, 0.3) is 10.2 Å². The minimum absolute atomic E-state index is 0.0697. The number of aromatic nitrogens is 1. The number of thiazole rings is 1. The van der Waals surface area contributed by atoms with Crippen LogP contribution in [0.15, 0.2) is 53.4 Å². The van der Waals surface area contributed by atoms with E-state index in [9.17, 15) is 13.2 Å². The third-order valence-electron chi connectivity index (χ3n) is 5.82. The number of carbonyl (C=O) groups excluding carboxylic acids is 1. The zero-order valence-electron chi connectivity index (χ0n) is 19.7. The predicted molar refractivity (Wildman–Crippen MR) is 135 cm³/mol. The molecule has 0 bridgehead atoms. The zero-order chi connectivity index (χ0) is 24.3. The number of likely N-dealkylation sites (N-methyl/N-ethyl adjacent to an activating group) is 2. The van der Waals surface area contributed by atoms with Crippen LogP contribution in [-0.2, 0) is 14.8 Å². The van der Waals surface area contributed by atoms with Crippen LogP contribution >= 0.6 is 11.3 Å². The number of sulfonamides is 1. The molecule has 0 saturated carbocycles. The number of benzene rings is 2. The average molecular weight is 503 g/mol. The normalized spacial score (nSPS) is 16.6. The van der Waals surface area contributed by atoms with Crippen molar-refractivity contribution < 1.29 is 17.9 Å². The molecule has 1 fully saturated rings. The van der Waals surface area contributed by atoms with Crippen molar-refractivity contribution >= 4 is 42.6 Å². The first-order valence-electron chi connectivity index (χ1n) is 11.3. The Morgan fingerprint density at radius 2 is 1.82 bits per heavy atom. The molecule has 3 aromatic rings. The van der Waals surface area contributed by atoms with E-state index in [0.717, 1.165) is 23.1 Å². The van der Waals surface area contributed by atoms with Crippen LogP contribution in [0.4, 0.5) is 5.13 Å². The average Bonchev–Trinajstić information content (AvgIpc) is 3.48. The number of para-hydroxylation sites is 1. The third-order valence-corrected chi connectivity index (χ3v) is 8.72. The monoisotopic (exact) mass is 502 g/mol. The lowest BCUT2D eigenvalue weighted by Crippen LogP contribution is -2.37. The van der Waals surface area contributed by atoms with Crippen molar-refractivity contribution in [3.63, 3.8) is 0 Å². The molecule has 1 aromatic heterocycles. The SMILES string of the molecule is CN(C)CCN(C(=O)c1ccc(S(=O)(=O)N(C)CC2CCCO2)cc1)c1nc2ccccc2s1. The van der Waals surface area contributed by atoms with Crippen LogP contribution in [0, 0.1) is 0 Å². The van der Waals surface area contributed by atoms with E-state index < -0.39 is 10.0 Å². The second-order valence-corrected chi connectivity index (χ2v) is 11.7. The minimum atomic E-state index is -3.67. The van der Waals surface area contributed by atoms with Gasteiger partial charge in [0.25, 0.3) is 5.91 Å². The molecule has 8 nitrogen and oxygen atoms in total. The van der Waals surface area contributed by atoms with E-state index in [0.29, 0.717) is 36.9 Å². The fraction of sp³-hybridized carbons (Fsp3) is 0.417. The Hall–Kier alpha value is -2.37. The molecule has 1 aliphatic rings. The first-order chi connectivity index (χ1) is 16.3. The van der Waals surface area contributed by atoms with E-state index >= 15 is 0 Å². The van der Waals surface area contributed by atoms with E-state index in [1.54, 1.807) is 24.1 Å². The number of ether oxygens (including phenoxy) is 1. The lowest BCUT2D eigenvalue weighted by atomic mass is 10.2. The number of carbonyl (C=O) groups is 1. The molecule has 182 valence electrons. The molecule has 1 saturated heterocycles. The van der Waals surface area contributed by atoms with Crippen molar-refractivity contribution in [2.45, 2.75) is 23.8 Å². The summed E-state index contributed by atoms with van der Waals surface area (Å²) in [5, 5.41) is 0.626. The van der Waals surface area contributed by atoms with E-state index in [1.165, 1.54) is 27.8 Å². The maximum Gasteiger partial charge on any atom is 0.260 e. The molecule has 0 aliphatic carbocycles. The summed E-state index contributed by atoms with van der Waals surface area (Å²) in [4.78, 5) is 21.9. The summed E-state index contributed by atoms with van der Waals surface area (Å²) in [7, 11) is 1.80. The number of hydrogen-bond donors (Lipinski definition) is 0. The Balaban J connectivity index is 1.55. The van der Waals surface area contributed by atoms with Gasteiger partial charge in [-0.1, -0.05) is 23.5 Å². The fourth-order valence-corrected chi connectivity index (χ4v) is 6.03. The maximum atomic E-state index is 13.5. The topological polar surface area (TPSA) is 83.1 Å². The van der Waals surface area contributed by atoms with Crippen LogP contribution < -0.4 is 4.90 Å². The van der Waals surface area contributed by atoms with Crippen molar-refractivity contribution in [3.05, 3.63) is 54.1 Å². The molecule has 0 spiro atoms. The molecule has 34 heavy (non-hydrogen) atoms. The van der Waals surface area contributed by atoms with Gasteiger partial charge in [0.15, 0.2) is 5.13 Å². The molecular formula is C24H30N4O4S2. The quantitative estimate of drug-likeness (QED) is 0.447. The summed E-state index contributed by atoms with van der Waals surface area (Å²) in [5.74, 6) is -0.211. The Morgan fingerprint density at radius 3 is 2.47 bits per heavy atom. The van der Waals surface area contributed by atoms with Crippen molar-refractivity contribution in [3.8, 4) is 0 Å². The van der Waals surface area contributed by atoms with Crippen molar-refractivity contribution in [2.75, 3.05) is 52.3 Å². The molecule has 2 aromatic carbocycles. The number of hydrogen-bond acceptors (Lipinski definition) is 7. The largest absolute Gasteiger partial charge is 0.377 e. The molecule has 0 N–H and O–H groups in total. The summed E-state index contributed by atoms with van der Waals surface area (Å²) in [6, 6.07) is 13.9. The fourth-order valence-electron chi connectivity index (χ4n) is 3.84. The molecular weight excluding hydrogens is 472 g/mol. The summed E-state index contributed by atoms with van der Waals surface area (Å²) in [6.45, 7) is 2.13. The molecule has 1 atom stereocenters. The first-order valence-corrected chi connectivity index (χ1v) is 13.5. The highest BCUT2D eigenvalue weighted by Crippen LogP contribution is 2.30. The van der Waals surface area contributed by atoms with Crippen molar-refractivity contribution in [2.24, 2.45) is 0 Å². The molecule has 2 heterocycles. The molecule has 4 rings (SSSR count). The van der Waals surface area contributed by atoms with Gasteiger partial charge >= 0.3 is 0 Å². The number of fused-ring (bicyclic) bond motifs is 1. The lowest BCUT2D eigenvalue weighted by Gasteiger charge is -2.22. The molecule has 1 unspecified atom stereocenters. The van der Waals surface area contributed by atoms with Gasteiger partial charge in [-0.25, -0.2) is 13.4 Å². The predicted octanol–water partition coefficient (Wildman–Crippen LogP) is 3.30. The van der Waals surface area contributed by atoms with Gasteiger partial charge in [0.2, 0.25) is 10.0 Å². The number of amides is 1. The zero-order valence-corrected chi connectivity index (χ0v) is 21.3. The van der Waals surface area contributed by atoms with E-state index in [1.807, 2.05) is 43.3 Å². The maximum absolute atomic E-state index is 13.5. The van der Waals surface area contributed by atoms with Crippen LogP contribution in [0.3, 0.4) is 0 Å². The Bertz CT molecular complexity index is 1200. The molecule has 10 heteroatoms. The highest BCUT2D eigenvalue weighted by atomic mass is 32.2. The Morgan fingerprint density at radius 1 is 1.09 bits per heavy atom. The number of rotatable bonds is 9. The molecule has 0 radical (unpaired) electrons. The first kappa shape index (κ1) is 24.7.